The Morgan fingerprint density at radius 2 is 1.69 bits per heavy atom. The van der Waals surface area contributed by atoms with Gasteiger partial charge in [0.05, 0.1) is 6.61 Å². The van der Waals surface area contributed by atoms with E-state index in [0.29, 0.717) is 17.9 Å². The van der Waals surface area contributed by atoms with E-state index in [1.165, 1.54) is 6.07 Å². The van der Waals surface area contributed by atoms with Crippen LogP contribution >= 0.6 is 0 Å². The Morgan fingerprint density at radius 1 is 0.886 bits per heavy atom. The number of nitrogens with one attached hydrogen (secondary N) is 1. The molecule has 0 fully saturated rings. The van der Waals surface area contributed by atoms with Gasteiger partial charge in [0.25, 0.3) is 0 Å². The fraction of sp³-hybridized carbons (Fsp3) is 0.138. The Hall–Kier alpha value is -4.13. The molecule has 2 N–H and O–H groups in total. The molecule has 0 spiro atoms. The number of aliphatic hydroxyl groups excluding tert-OH is 1. The summed E-state index contributed by atoms with van der Waals surface area (Å²) in [5.41, 5.74) is 3.69. The van der Waals surface area contributed by atoms with Gasteiger partial charge < -0.3 is 24.3 Å². The molecular formula is C29H25NO5. The maximum atomic E-state index is 11.6. The molecule has 4 aromatic carbocycles. The highest BCUT2D eigenvalue weighted by Crippen LogP contribution is 2.23. The number of ether oxygens (including phenoxy) is 2. The second-order valence-electron chi connectivity index (χ2n) is 8.34. The van der Waals surface area contributed by atoms with Gasteiger partial charge in [0.1, 0.15) is 17.9 Å². The Labute approximate surface area is 202 Å². The lowest BCUT2D eigenvalue weighted by atomic mass is 10.1. The SMILES string of the molecule is Cc1cc(=O)oc2cc(OCc3ccc(NC(O)OCc4cccc5ccccc45)cc3)ccc12. The zero-order chi connectivity index (χ0) is 24.2. The summed E-state index contributed by atoms with van der Waals surface area (Å²) < 4.78 is 16.8. The van der Waals surface area contributed by atoms with Gasteiger partial charge in [-0.15, -0.1) is 0 Å². The second-order valence-corrected chi connectivity index (χ2v) is 8.34. The van der Waals surface area contributed by atoms with E-state index < -0.39 is 6.41 Å². The van der Waals surface area contributed by atoms with E-state index >= 15 is 0 Å². The molecule has 0 amide bonds. The molecule has 5 rings (SSSR count). The fourth-order valence-corrected chi connectivity index (χ4v) is 4.03. The summed E-state index contributed by atoms with van der Waals surface area (Å²) in [5, 5.41) is 16.4. The molecule has 0 bridgehead atoms. The first kappa shape index (κ1) is 22.7. The first-order valence-electron chi connectivity index (χ1n) is 11.3. The summed E-state index contributed by atoms with van der Waals surface area (Å²) in [7, 11) is 0. The first-order chi connectivity index (χ1) is 17.0. The lowest BCUT2D eigenvalue weighted by molar-refractivity contribution is -0.0868. The summed E-state index contributed by atoms with van der Waals surface area (Å²) in [6.45, 7) is 2.51. The van der Waals surface area contributed by atoms with Crippen molar-refractivity contribution < 1.29 is 19.0 Å². The Balaban J connectivity index is 1.16. The lowest BCUT2D eigenvalue weighted by Gasteiger charge is -2.16. The van der Waals surface area contributed by atoms with Gasteiger partial charge >= 0.3 is 5.63 Å². The van der Waals surface area contributed by atoms with Gasteiger partial charge in [0, 0.05) is 23.2 Å². The van der Waals surface area contributed by atoms with Crippen molar-refractivity contribution in [2.45, 2.75) is 26.6 Å². The molecule has 35 heavy (non-hydrogen) atoms. The van der Waals surface area contributed by atoms with Crippen molar-refractivity contribution in [3.05, 3.63) is 118 Å². The molecule has 6 heteroatoms. The van der Waals surface area contributed by atoms with Crippen molar-refractivity contribution in [2.75, 3.05) is 5.32 Å². The fourth-order valence-electron chi connectivity index (χ4n) is 4.03. The van der Waals surface area contributed by atoms with Crippen molar-refractivity contribution >= 4 is 27.4 Å². The Bertz CT molecular complexity index is 1520. The van der Waals surface area contributed by atoms with E-state index in [1.54, 1.807) is 6.07 Å². The molecule has 0 aliphatic heterocycles. The van der Waals surface area contributed by atoms with E-state index in [4.69, 9.17) is 13.9 Å². The molecule has 0 saturated heterocycles. The Kier molecular flexibility index (Phi) is 6.48. The Morgan fingerprint density at radius 3 is 2.54 bits per heavy atom. The minimum atomic E-state index is -1.15. The maximum Gasteiger partial charge on any atom is 0.336 e. The minimum Gasteiger partial charge on any atom is -0.489 e. The molecule has 176 valence electrons. The molecule has 0 saturated carbocycles. The molecule has 5 aromatic rings. The topological polar surface area (TPSA) is 80.9 Å². The van der Waals surface area contributed by atoms with E-state index in [9.17, 15) is 9.90 Å². The number of aryl methyl sites for hydroxylation is 1. The van der Waals surface area contributed by atoms with Crippen molar-refractivity contribution in [3.63, 3.8) is 0 Å². The molecule has 1 unspecified atom stereocenters. The lowest BCUT2D eigenvalue weighted by Crippen LogP contribution is -2.22. The summed E-state index contributed by atoms with van der Waals surface area (Å²) in [4.78, 5) is 11.6. The molecule has 0 radical (unpaired) electrons. The summed E-state index contributed by atoms with van der Waals surface area (Å²) in [6.07, 6.45) is -1.15. The highest BCUT2D eigenvalue weighted by Gasteiger charge is 2.08. The molecule has 1 atom stereocenters. The molecule has 1 heterocycles. The molecule has 0 aliphatic carbocycles. The van der Waals surface area contributed by atoms with Crippen LogP contribution in [0.15, 0.2) is 100 Å². The van der Waals surface area contributed by atoms with Crippen LogP contribution in [0.5, 0.6) is 5.75 Å². The van der Waals surface area contributed by atoms with Crippen molar-refractivity contribution in [1.82, 2.24) is 0 Å². The molecular weight excluding hydrogens is 442 g/mol. The number of fused-ring (bicyclic) bond motifs is 2. The summed E-state index contributed by atoms with van der Waals surface area (Å²) >= 11 is 0. The number of aliphatic hydroxyl groups is 1. The standard InChI is InChI=1S/C29H25NO5/c1-19-15-28(31)35-27-16-24(13-14-25(19)27)33-17-20-9-11-23(12-10-20)30-29(32)34-18-22-7-4-6-21-5-2-3-8-26(21)22/h2-16,29-30,32H,17-18H2,1H3. The average Bonchev–Trinajstić information content (AvgIpc) is 2.86. The monoisotopic (exact) mass is 467 g/mol. The van der Waals surface area contributed by atoms with E-state index in [-0.39, 0.29) is 12.2 Å². The van der Waals surface area contributed by atoms with Gasteiger partial charge in [-0.05, 0) is 58.7 Å². The predicted octanol–water partition coefficient (Wildman–Crippen LogP) is 5.74. The highest BCUT2D eigenvalue weighted by molar-refractivity contribution is 5.85. The normalized spacial score (nSPS) is 12.1. The van der Waals surface area contributed by atoms with Crippen LogP contribution in [0.25, 0.3) is 21.7 Å². The van der Waals surface area contributed by atoms with Gasteiger partial charge in [-0.3, -0.25) is 0 Å². The number of anilines is 1. The van der Waals surface area contributed by atoms with E-state index in [2.05, 4.69) is 17.4 Å². The predicted molar refractivity (Wildman–Crippen MR) is 136 cm³/mol. The number of benzene rings is 4. The van der Waals surface area contributed by atoms with Gasteiger partial charge in [-0.25, -0.2) is 4.79 Å². The summed E-state index contributed by atoms with van der Waals surface area (Å²) in [5.74, 6) is 0.616. The third-order valence-corrected chi connectivity index (χ3v) is 5.85. The quantitative estimate of drug-likeness (QED) is 0.224. The number of hydrogen-bond donors (Lipinski definition) is 2. The largest absolute Gasteiger partial charge is 0.489 e. The van der Waals surface area contributed by atoms with Crippen molar-refractivity contribution in [1.29, 1.82) is 0 Å². The van der Waals surface area contributed by atoms with Gasteiger partial charge in [-0.1, -0.05) is 54.6 Å². The van der Waals surface area contributed by atoms with Crippen LogP contribution in [0.3, 0.4) is 0 Å². The van der Waals surface area contributed by atoms with Crippen LogP contribution < -0.4 is 15.7 Å². The third kappa shape index (κ3) is 5.35. The van der Waals surface area contributed by atoms with Gasteiger partial charge in [-0.2, -0.15) is 0 Å². The number of hydrogen-bond acceptors (Lipinski definition) is 6. The van der Waals surface area contributed by atoms with Crippen molar-refractivity contribution in [2.24, 2.45) is 0 Å². The van der Waals surface area contributed by atoms with Gasteiger partial charge in [0.2, 0.25) is 6.41 Å². The van der Waals surface area contributed by atoms with Gasteiger partial charge in [0.15, 0.2) is 0 Å². The van der Waals surface area contributed by atoms with Crippen LogP contribution in [-0.4, -0.2) is 11.5 Å². The molecule has 0 aliphatic rings. The molecule has 1 aromatic heterocycles. The van der Waals surface area contributed by atoms with Crippen LogP contribution in [0, 0.1) is 6.92 Å². The molecule has 6 nitrogen and oxygen atoms in total. The minimum absolute atomic E-state index is 0.285. The van der Waals surface area contributed by atoms with Crippen LogP contribution in [0.2, 0.25) is 0 Å². The van der Waals surface area contributed by atoms with Crippen LogP contribution in [0.4, 0.5) is 5.69 Å². The zero-order valence-electron chi connectivity index (χ0n) is 19.2. The van der Waals surface area contributed by atoms with E-state index in [1.807, 2.05) is 73.7 Å². The summed E-state index contributed by atoms with van der Waals surface area (Å²) in [6, 6.07) is 28.6. The third-order valence-electron chi connectivity index (χ3n) is 5.85. The van der Waals surface area contributed by atoms with Crippen LogP contribution in [-0.2, 0) is 18.0 Å². The highest BCUT2D eigenvalue weighted by atomic mass is 16.6. The number of rotatable bonds is 8. The first-order valence-corrected chi connectivity index (χ1v) is 11.3. The smallest absolute Gasteiger partial charge is 0.336 e. The average molecular weight is 468 g/mol. The van der Waals surface area contributed by atoms with Crippen LogP contribution in [0.1, 0.15) is 16.7 Å². The van der Waals surface area contributed by atoms with E-state index in [0.717, 1.165) is 38.5 Å². The second kappa shape index (κ2) is 10.0. The maximum absolute atomic E-state index is 11.6. The zero-order valence-corrected chi connectivity index (χ0v) is 19.2. The van der Waals surface area contributed by atoms with Crippen molar-refractivity contribution in [3.8, 4) is 5.75 Å².